The molecule has 0 aromatic rings. The number of ether oxygens (including phenoxy) is 1. The Bertz CT molecular complexity index is 78.1. The number of rotatable bonds is 0. The van der Waals surface area contributed by atoms with Crippen LogP contribution in [0, 0.1) is 0 Å². The van der Waals surface area contributed by atoms with Crippen molar-refractivity contribution in [3.8, 4) is 0 Å². The van der Waals surface area contributed by atoms with Gasteiger partial charge in [-0.15, -0.1) is 0 Å². The van der Waals surface area contributed by atoms with Gasteiger partial charge in [0.25, 0.3) is 0 Å². The first-order valence-corrected chi connectivity index (χ1v) is 2.32. The minimum absolute atomic E-state index is 0.367. The molecule has 0 saturated carbocycles. The highest BCUT2D eigenvalue weighted by Crippen LogP contribution is 1.93. The van der Waals surface area contributed by atoms with Crippen molar-refractivity contribution >= 4 is 0 Å². The number of aliphatic hydroxyl groups is 1. The van der Waals surface area contributed by atoms with Crippen molar-refractivity contribution in [1.29, 1.82) is 0 Å². The van der Waals surface area contributed by atoms with Crippen LogP contribution >= 0.6 is 0 Å². The lowest BCUT2D eigenvalue weighted by molar-refractivity contribution is 0.0628. The summed E-state index contributed by atoms with van der Waals surface area (Å²) in [6.07, 6.45) is 3.19. The Kier molecular flexibility index (Phi) is 1.44. The van der Waals surface area contributed by atoms with Gasteiger partial charge >= 0.3 is 0 Å². The molecule has 0 aromatic carbocycles. The zero-order chi connectivity index (χ0) is 5.11. The first kappa shape index (κ1) is 4.81. The topological polar surface area (TPSA) is 29.5 Å². The van der Waals surface area contributed by atoms with Gasteiger partial charge in [-0.05, 0) is 0 Å². The lowest BCUT2D eigenvalue weighted by atomic mass is 10.3. The predicted octanol–water partition coefficient (Wildman–Crippen LogP) is -0.0663. The molecule has 1 aliphatic rings. The lowest BCUT2D eigenvalue weighted by Crippen LogP contribution is -2.16. The van der Waals surface area contributed by atoms with Crippen molar-refractivity contribution in [3.05, 3.63) is 12.2 Å². The van der Waals surface area contributed by atoms with E-state index in [9.17, 15) is 0 Å². The molecule has 0 amide bonds. The van der Waals surface area contributed by atoms with Crippen molar-refractivity contribution in [2.45, 2.75) is 6.10 Å². The maximum Gasteiger partial charge on any atom is 0.0955 e. The van der Waals surface area contributed by atoms with E-state index >= 15 is 0 Å². The molecule has 0 aromatic heterocycles. The summed E-state index contributed by atoms with van der Waals surface area (Å²) >= 11 is 0. The van der Waals surface area contributed by atoms with Gasteiger partial charge in [0.15, 0.2) is 0 Å². The maximum absolute atomic E-state index is 8.70. The van der Waals surface area contributed by atoms with Gasteiger partial charge in [0.05, 0.1) is 19.3 Å². The Morgan fingerprint density at radius 2 is 2.57 bits per heavy atom. The number of aliphatic hydroxyl groups excluding tert-OH is 1. The average Bonchev–Trinajstić information content (AvgIpc) is 1.69. The molecule has 1 N–H and O–H groups in total. The first-order valence-electron chi connectivity index (χ1n) is 2.32. The summed E-state index contributed by atoms with van der Waals surface area (Å²) in [6.45, 7) is 1.10. The van der Waals surface area contributed by atoms with Gasteiger partial charge in [0.2, 0.25) is 0 Å². The second-order valence-corrected chi connectivity index (χ2v) is 1.53. The zero-order valence-corrected chi connectivity index (χ0v) is 4.00. The van der Waals surface area contributed by atoms with Crippen LogP contribution in [0.15, 0.2) is 12.2 Å². The summed E-state index contributed by atoms with van der Waals surface area (Å²) < 4.78 is 4.84. The van der Waals surface area contributed by atoms with Crippen molar-refractivity contribution in [2.75, 3.05) is 13.2 Å². The third-order valence-electron chi connectivity index (χ3n) is 0.861. The summed E-state index contributed by atoms with van der Waals surface area (Å²) in [7, 11) is 0. The fourth-order valence-corrected chi connectivity index (χ4v) is 0.525. The minimum Gasteiger partial charge on any atom is -0.387 e. The van der Waals surface area contributed by atoms with Gasteiger partial charge < -0.3 is 9.84 Å². The van der Waals surface area contributed by atoms with Crippen molar-refractivity contribution < 1.29 is 9.84 Å². The van der Waals surface area contributed by atoms with Crippen molar-refractivity contribution in [2.24, 2.45) is 0 Å². The summed E-state index contributed by atoms with van der Waals surface area (Å²) in [5, 5.41) is 8.70. The van der Waals surface area contributed by atoms with Crippen LogP contribution in [-0.2, 0) is 4.74 Å². The van der Waals surface area contributed by atoms with Crippen LogP contribution in [0.5, 0.6) is 0 Å². The summed E-state index contributed by atoms with van der Waals surface area (Å²) in [5.41, 5.74) is 0. The van der Waals surface area contributed by atoms with Crippen LogP contribution in [0.25, 0.3) is 0 Å². The van der Waals surface area contributed by atoms with Crippen LogP contribution < -0.4 is 0 Å². The Morgan fingerprint density at radius 1 is 1.71 bits per heavy atom. The fourth-order valence-electron chi connectivity index (χ4n) is 0.525. The second-order valence-electron chi connectivity index (χ2n) is 1.53. The molecule has 1 aliphatic heterocycles. The average molecular weight is 100 g/mol. The van der Waals surface area contributed by atoms with E-state index in [0.29, 0.717) is 13.2 Å². The molecule has 0 bridgehead atoms. The molecule has 1 unspecified atom stereocenters. The van der Waals surface area contributed by atoms with Gasteiger partial charge in [-0.1, -0.05) is 12.2 Å². The smallest absolute Gasteiger partial charge is 0.0955 e. The van der Waals surface area contributed by atoms with Crippen molar-refractivity contribution in [3.63, 3.8) is 0 Å². The molecule has 2 nitrogen and oxygen atoms in total. The fraction of sp³-hybridized carbons (Fsp3) is 0.600. The van der Waals surface area contributed by atoms with E-state index in [0.717, 1.165) is 0 Å². The van der Waals surface area contributed by atoms with E-state index in [1.54, 1.807) is 6.08 Å². The zero-order valence-electron chi connectivity index (χ0n) is 4.00. The molecule has 7 heavy (non-hydrogen) atoms. The van der Waals surface area contributed by atoms with E-state index < -0.39 is 0 Å². The third kappa shape index (κ3) is 1.29. The van der Waals surface area contributed by atoms with Crippen molar-refractivity contribution in [1.82, 2.24) is 0 Å². The number of hydrogen-bond acceptors (Lipinski definition) is 2. The highest BCUT2D eigenvalue weighted by Gasteiger charge is 2.00. The van der Waals surface area contributed by atoms with Crippen LogP contribution in [0.4, 0.5) is 0 Å². The molecule has 1 atom stereocenters. The first-order chi connectivity index (χ1) is 3.39. The van der Waals surface area contributed by atoms with E-state index in [1.165, 1.54) is 0 Å². The Labute approximate surface area is 42.4 Å². The molecule has 0 saturated heterocycles. The third-order valence-corrected chi connectivity index (χ3v) is 0.861. The monoisotopic (exact) mass is 100 g/mol. The van der Waals surface area contributed by atoms with E-state index in [-0.39, 0.29) is 6.10 Å². The standard InChI is InChI=1S/C5H8O2/c6-5-2-1-3-7-4-5/h1-2,5-6H,3-4H2. The summed E-state index contributed by atoms with van der Waals surface area (Å²) in [4.78, 5) is 0. The van der Waals surface area contributed by atoms with Gasteiger partial charge in [-0.25, -0.2) is 0 Å². The van der Waals surface area contributed by atoms with Gasteiger partial charge in [-0.2, -0.15) is 0 Å². The van der Waals surface area contributed by atoms with E-state index in [2.05, 4.69) is 0 Å². The summed E-state index contributed by atoms with van der Waals surface area (Å²) in [6, 6.07) is 0. The second kappa shape index (κ2) is 2.09. The van der Waals surface area contributed by atoms with E-state index in [1.807, 2.05) is 6.08 Å². The van der Waals surface area contributed by atoms with Crippen LogP contribution in [0.3, 0.4) is 0 Å². The summed E-state index contributed by atoms with van der Waals surface area (Å²) in [5.74, 6) is 0. The maximum atomic E-state index is 8.70. The normalized spacial score (nSPS) is 30.7. The van der Waals surface area contributed by atoms with Gasteiger partial charge in [0, 0.05) is 0 Å². The minimum atomic E-state index is -0.367. The molecule has 40 valence electrons. The SMILES string of the molecule is OC1C=CCOC1. The molecule has 1 heterocycles. The highest BCUT2D eigenvalue weighted by molar-refractivity contribution is 4.91. The molecule has 2 heteroatoms. The molecule has 0 radical (unpaired) electrons. The van der Waals surface area contributed by atoms with Crippen LogP contribution in [0.1, 0.15) is 0 Å². The molecule has 0 aliphatic carbocycles. The van der Waals surface area contributed by atoms with Gasteiger partial charge in [0.1, 0.15) is 0 Å². The Balaban J connectivity index is 2.36. The lowest BCUT2D eigenvalue weighted by Gasteiger charge is -2.09. The molecular weight excluding hydrogens is 92.1 g/mol. The molecular formula is C5H8O2. The number of hydrogen-bond donors (Lipinski definition) is 1. The molecule has 0 fully saturated rings. The molecule has 1 rings (SSSR count). The molecule has 0 spiro atoms. The quantitative estimate of drug-likeness (QED) is 0.432. The van der Waals surface area contributed by atoms with E-state index in [4.69, 9.17) is 9.84 Å². The Hall–Kier alpha value is -0.340. The largest absolute Gasteiger partial charge is 0.387 e. The predicted molar refractivity (Wildman–Crippen MR) is 26.0 cm³/mol. The van der Waals surface area contributed by atoms with Crippen LogP contribution in [-0.4, -0.2) is 24.4 Å². The highest BCUT2D eigenvalue weighted by atomic mass is 16.5. The van der Waals surface area contributed by atoms with Gasteiger partial charge in [-0.3, -0.25) is 0 Å². The Morgan fingerprint density at radius 3 is 2.86 bits per heavy atom. The van der Waals surface area contributed by atoms with Crippen LogP contribution in [0.2, 0.25) is 0 Å².